The lowest BCUT2D eigenvalue weighted by molar-refractivity contribution is 0.274. The summed E-state index contributed by atoms with van der Waals surface area (Å²) in [5.41, 5.74) is 5.06. The van der Waals surface area contributed by atoms with Gasteiger partial charge in [0.2, 0.25) is 0 Å². The smallest absolute Gasteiger partial charge is 0.122 e. The molecule has 2 rings (SSSR count). The SMILES string of the molecule is Cc1cc(-c2ccccc2)c(C)cc1OCCC(C)CCCC(C)C. The molecule has 0 aliphatic rings. The van der Waals surface area contributed by atoms with Crippen molar-refractivity contribution in [2.45, 2.75) is 60.3 Å². The minimum absolute atomic E-state index is 0.740. The Bertz CT molecular complexity index is 643. The van der Waals surface area contributed by atoms with Crippen LogP contribution in [-0.4, -0.2) is 6.61 Å². The molecule has 136 valence electrons. The van der Waals surface area contributed by atoms with Crippen molar-refractivity contribution in [1.29, 1.82) is 0 Å². The van der Waals surface area contributed by atoms with E-state index in [4.69, 9.17) is 4.74 Å². The number of hydrogen-bond donors (Lipinski definition) is 0. The van der Waals surface area contributed by atoms with Crippen LogP contribution in [0.25, 0.3) is 11.1 Å². The summed E-state index contributed by atoms with van der Waals surface area (Å²) < 4.78 is 6.11. The first-order valence-electron chi connectivity index (χ1n) is 9.76. The van der Waals surface area contributed by atoms with E-state index in [-0.39, 0.29) is 0 Å². The maximum absolute atomic E-state index is 6.11. The van der Waals surface area contributed by atoms with Crippen LogP contribution in [0.1, 0.15) is 57.6 Å². The van der Waals surface area contributed by atoms with Gasteiger partial charge in [-0.3, -0.25) is 0 Å². The van der Waals surface area contributed by atoms with Crippen LogP contribution in [0.2, 0.25) is 0 Å². The molecule has 0 N–H and O–H groups in total. The normalized spacial score (nSPS) is 12.4. The van der Waals surface area contributed by atoms with Gasteiger partial charge in [-0.05, 0) is 66.5 Å². The van der Waals surface area contributed by atoms with Gasteiger partial charge in [-0.15, -0.1) is 0 Å². The van der Waals surface area contributed by atoms with Gasteiger partial charge in [0.25, 0.3) is 0 Å². The van der Waals surface area contributed by atoms with Crippen molar-refractivity contribution < 1.29 is 4.74 Å². The van der Waals surface area contributed by atoms with Crippen molar-refractivity contribution in [3.63, 3.8) is 0 Å². The summed E-state index contributed by atoms with van der Waals surface area (Å²) in [6.07, 6.45) is 5.12. The average molecular weight is 339 g/mol. The second-order valence-electron chi connectivity index (χ2n) is 7.87. The third-order valence-corrected chi connectivity index (χ3v) is 4.95. The van der Waals surface area contributed by atoms with E-state index in [1.165, 1.54) is 41.5 Å². The van der Waals surface area contributed by atoms with E-state index < -0.39 is 0 Å². The van der Waals surface area contributed by atoms with Gasteiger partial charge in [-0.2, -0.15) is 0 Å². The highest BCUT2D eigenvalue weighted by molar-refractivity contribution is 5.69. The first kappa shape index (κ1) is 19.6. The van der Waals surface area contributed by atoms with Crippen LogP contribution in [0.3, 0.4) is 0 Å². The Labute approximate surface area is 154 Å². The molecule has 0 radical (unpaired) electrons. The zero-order chi connectivity index (χ0) is 18.2. The molecule has 0 aliphatic carbocycles. The third-order valence-electron chi connectivity index (χ3n) is 4.95. The predicted molar refractivity (Wildman–Crippen MR) is 109 cm³/mol. The van der Waals surface area contributed by atoms with Crippen molar-refractivity contribution >= 4 is 0 Å². The Balaban J connectivity index is 1.90. The second-order valence-corrected chi connectivity index (χ2v) is 7.87. The monoisotopic (exact) mass is 338 g/mol. The lowest BCUT2D eigenvalue weighted by Gasteiger charge is -2.16. The van der Waals surface area contributed by atoms with Crippen LogP contribution < -0.4 is 4.74 Å². The topological polar surface area (TPSA) is 9.23 Å². The standard InChI is InChI=1S/C24H34O/c1-18(2)10-9-11-19(3)14-15-25-24-17-20(4)23(16-21(24)5)22-12-7-6-8-13-22/h6-8,12-13,16-19H,9-11,14-15H2,1-5H3. The molecule has 1 unspecified atom stereocenters. The highest BCUT2D eigenvalue weighted by Gasteiger charge is 2.09. The van der Waals surface area contributed by atoms with E-state index in [1.807, 2.05) is 0 Å². The summed E-state index contributed by atoms with van der Waals surface area (Å²) in [7, 11) is 0. The van der Waals surface area contributed by atoms with Crippen LogP contribution in [0.4, 0.5) is 0 Å². The quantitative estimate of drug-likeness (QED) is 0.469. The van der Waals surface area contributed by atoms with Crippen LogP contribution in [0, 0.1) is 25.7 Å². The fourth-order valence-electron chi connectivity index (χ4n) is 3.26. The second kappa shape index (κ2) is 9.65. The van der Waals surface area contributed by atoms with E-state index in [1.54, 1.807) is 0 Å². The molecule has 0 bridgehead atoms. The number of ether oxygens (including phenoxy) is 1. The van der Waals surface area contributed by atoms with E-state index >= 15 is 0 Å². The van der Waals surface area contributed by atoms with Crippen molar-refractivity contribution in [3.8, 4) is 16.9 Å². The third kappa shape index (κ3) is 6.23. The van der Waals surface area contributed by atoms with E-state index in [0.717, 1.165) is 30.6 Å². The summed E-state index contributed by atoms with van der Waals surface area (Å²) in [4.78, 5) is 0. The molecule has 0 spiro atoms. The van der Waals surface area contributed by atoms with Gasteiger partial charge in [-0.1, -0.05) is 70.4 Å². The first-order chi connectivity index (χ1) is 12.0. The molecule has 1 atom stereocenters. The van der Waals surface area contributed by atoms with Crippen molar-refractivity contribution in [1.82, 2.24) is 0 Å². The van der Waals surface area contributed by atoms with Crippen molar-refractivity contribution in [2.24, 2.45) is 11.8 Å². The zero-order valence-corrected chi connectivity index (χ0v) is 16.6. The molecule has 25 heavy (non-hydrogen) atoms. The Morgan fingerprint density at radius 1 is 0.840 bits per heavy atom. The molecule has 0 saturated heterocycles. The molecule has 0 saturated carbocycles. The first-order valence-corrected chi connectivity index (χ1v) is 9.76. The lowest BCUT2D eigenvalue weighted by Crippen LogP contribution is -2.06. The zero-order valence-electron chi connectivity index (χ0n) is 16.6. The molecule has 1 heteroatoms. The Morgan fingerprint density at radius 2 is 1.56 bits per heavy atom. The molecule has 2 aromatic carbocycles. The van der Waals surface area contributed by atoms with Crippen LogP contribution >= 0.6 is 0 Å². The summed E-state index contributed by atoms with van der Waals surface area (Å²) in [5, 5.41) is 0. The fourth-order valence-corrected chi connectivity index (χ4v) is 3.26. The van der Waals surface area contributed by atoms with Crippen molar-refractivity contribution in [3.05, 3.63) is 53.6 Å². The number of hydrogen-bond acceptors (Lipinski definition) is 1. The molecular formula is C24H34O. The summed E-state index contributed by atoms with van der Waals surface area (Å²) in [6.45, 7) is 12.1. The number of benzene rings is 2. The molecule has 1 nitrogen and oxygen atoms in total. The highest BCUT2D eigenvalue weighted by Crippen LogP contribution is 2.30. The van der Waals surface area contributed by atoms with E-state index in [9.17, 15) is 0 Å². The molecule has 0 aromatic heterocycles. The van der Waals surface area contributed by atoms with Gasteiger partial charge < -0.3 is 4.74 Å². The summed E-state index contributed by atoms with van der Waals surface area (Å²) in [6, 6.07) is 15.0. The van der Waals surface area contributed by atoms with Crippen LogP contribution in [0.5, 0.6) is 5.75 Å². The lowest BCUT2D eigenvalue weighted by atomic mass is 9.97. The van der Waals surface area contributed by atoms with Gasteiger partial charge in [0.1, 0.15) is 5.75 Å². The van der Waals surface area contributed by atoms with Gasteiger partial charge in [0.05, 0.1) is 6.61 Å². The largest absolute Gasteiger partial charge is 0.493 e. The molecular weight excluding hydrogens is 304 g/mol. The molecule has 0 heterocycles. The van der Waals surface area contributed by atoms with Crippen molar-refractivity contribution in [2.75, 3.05) is 6.61 Å². The molecule has 0 aliphatic heterocycles. The van der Waals surface area contributed by atoms with Crippen LogP contribution in [0.15, 0.2) is 42.5 Å². The van der Waals surface area contributed by atoms with Gasteiger partial charge >= 0.3 is 0 Å². The molecule has 0 fully saturated rings. The number of aryl methyl sites for hydroxylation is 2. The summed E-state index contributed by atoms with van der Waals surface area (Å²) >= 11 is 0. The predicted octanol–water partition coefficient (Wildman–Crippen LogP) is 7.20. The Kier molecular flexibility index (Phi) is 7.55. The van der Waals surface area contributed by atoms with Gasteiger partial charge in [-0.25, -0.2) is 0 Å². The maximum Gasteiger partial charge on any atom is 0.122 e. The minimum Gasteiger partial charge on any atom is -0.493 e. The van der Waals surface area contributed by atoms with E-state index in [0.29, 0.717) is 0 Å². The maximum atomic E-state index is 6.11. The number of rotatable bonds is 9. The molecule has 2 aromatic rings. The Hall–Kier alpha value is -1.76. The highest BCUT2D eigenvalue weighted by atomic mass is 16.5. The van der Waals surface area contributed by atoms with E-state index in [2.05, 4.69) is 77.1 Å². The van der Waals surface area contributed by atoms with Crippen LogP contribution in [-0.2, 0) is 0 Å². The van der Waals surface area contributed by atoms with Gasteiger partial charge in [0.15, 0.2) is 0 Å². The fraction of sp³-hybridized carbons (Fsp3) is 0.500. The summed E-state index contributed by atoms with van der Waals surface area (Å²) in [5.74, 6) is 2.59. The average Bonchev–Trinajstić information content (AvgIpc) is 2.58. The minimum atomic E-state index is 0.740. The van der Waals surface area contributed by atoms with Gasteiger partial charge in [0, 0.05) is 0 Å². The Morgan fingerprint density at radius 3 is 2.24 bits per heavy atom. The molecule has 0 amide bonds.